The van der Waals surface area contributed by atoms with Gasteiger partial charge in [-0.1, -0.05) is 0 Å². The molecule has 0 amide bonds. The molecule has 0 aliphatic heterocycles. The second-order valence-corrected chi connectivity index (χ2v) is 4.68. The molecule has 0 unspecified atom stereocenters. The number of aromatic nitrogens is 3. The van der Waals surface area contributed by atoms with Gasteiger partial charge in [-0.3, -0.25) is 14.8 Å². The molecule has 0 aliphatic carbocycles. The molecule has 0 fully saturated rings. The van der Waals surface area contributed by atoms with E-state index in [9.17, 15) is 10.1 Å². The van der Waals surface area contributed by atoms with Gasteiger partial charge in [-0.15, -0.1) is 0 Å². The van der Waals surface area contributed by atoms with Gasteiger partial charge in [0, 0.05) is 24.5 Å². The number of nitrogens with one attached hydrogen (secondary N) is 1. The predicted octanol–water partition coefficient (Wildman–Crippen LogP) is 2.37. The lowest BCUT2D eigenvalue weighted by Gasteiger charge is -2.09. The highest BCUT2D eigenvalue weighted by Crippen LogP contribution is 2.30. The standard InChI is InChI=1S/C11H12BrN5O2/c1-8-9(17(18)19)7-14-11(10(8)12)13-4-6-16-5-2-3-15-16/h2-3,5,7H,4,6H2,1H3,(H,13,14). The zero-order chi connectivity index (χ0) is 13.8. The van der Waals surface area contributed by atoms with E-state index >= 15 is 0 Å². The van der Waals surface area contributed by atoms with Crippen molar-refractivity contribution in [2.24, 2.45) is 0 Å². The maximum Gasteiger partial charge on any atom is 0.291 e. The van der Waals surface area contributed by atoms with Crippen molar-refractivity contribution in [2.45, 2.75) is 13.5 Å². The molecule has 0 aliphatic rings. The fraction of sp³-hybridized carbons (Fsp3) is 0.273. The number of halogens is 1. The Morgan fingerprint density at radius 2 is 2.37 bits per heavy atom. The number of nitrogens with zero attached hydrogens (tertiary/aromatic N) is 4. The average molecular weight is 326 g/mol. The molecule has 0 atom stereocenters. The molecule has 0 spiro atoms. The molecule has 0 radical (unpaired) electrons. The number of anilines is 1. The van der Waals surface area contributed by atoms with Crippen molar-refractivity contribution in [3.05, 3.63) is 44.8 Å². The summed E-state index contributed by atoms with van der Waals surface area (Å²) in [5, 5.41) is 18.0. The van der Waals surface area contributed by atoms with Crippen molar-refractivity contribution in [1.29, 1.82) is 0 Å². The highest BCUT2D eigenvalue weighted by atomic mass is 79.9. The first kappa shape index (κ1) is 13.5. The molecule has 0 saturated heterocycles. The van der Waals surface area contributed by atoms with Gasteiger partial charge in [-0.2, -0.15) is 5.10 Å². The summed E-state index contributed by atoms with van der Waals surface area (Å²) in [6.07, 6.45) is 4.84. The van der Waals surface area contributed by atoms with Crippen molar-refractivity contribution >= 4 is 27.4 Å². The first-order valence-corrected chi connectivity index (χ1v) is 6.39. The van der Waals surface area contributed by atoms with Crippen molar-refractivity contribution in [3.8, 4) is 0 Å². The maximum absolute atomic E-state index is 10.8. The fourth-order valence-electron chi connectivity index (χ4n) is 1.60. The molecule has 0 aromatic carbocycles. The summed E-state index contributed by atoms with van der Waals surface area (Å²) < 4.78 is 2.40. The van der Waals surface area contributed by atoms with Crippen LogP contribution in [0.25, 0.3) is 0 Å². The van der Waals surface area contributed by atoms with Crippen LogP contribution in [0.3, 0.4) is 0 Å². The number of rotatable bonds is 5. The molecule has 0 saturated carbocycles. The van der Waals surface area contributed by atoms with Crippen molar-refractivity contribution in [2.75, 3.05) is 11.9 Å². The van der Waals surface area contributed by atoms with E-state index in [1.165, 1.54) is 6.20 Å². The quantitative estimate of drug-likeness (QED) is 0.673. The van der Waals surface area contributed by atoms with Gasteiger partial charge in [0.05, 0.1) is 15.9 Å². The fourth-order valence-corrected chi connectivity index (χ4v) is 2.04. The second-order valence-electron chi connectivity index (χ2n) is 3.88. The van der Waals surface area contributed by atoms with Gasteiger partial charge in [0.2, 0.25) is 0 Å². The van der Waals surface area contributed by atoms with E-state index in [0.717, 1.165) is 0 Å². The SMILES string of the molecule is Cc1c([N+](=O)[O-])cnc(NCCn2cccn2)c1Br. The van der Waals surface area contributed by atoms with Crippen LogP contribution in [-0.2, 0) is 6.54 Å². The third kappa shape index (κ3) is 3.08. The molecule has 1 N–H and O–H groups in total. The maximum atomic E-state index is 10.8. The van der Waals surface area contributed by atoms with Crippen LogP contribution in [0.4, 0.5) is 11.5 Å². The Hall–Kier alpha value is -1.96. The van der Waals surface area contributed by atoms with Crippen LogP contribution in [0.2, 0.25) is 0 Å². The Morgan fingerprint density at radius 1 is 1.58 bits per heavy atom. The number of hydrogen-bond acceptors (Lipinski definition) is 5. The molecule has 2 heterocycles. The number of hydrogen-bond donors (Lipinski definition) is 1. The van der Waals surface area contributed by atoms with Gasteiger partial charge in [-0.05, 0) is 28.9 Å². The van der Waals surface area contributed by atoms with E-state index in [2.05, 4.69) is 31.3 Å². The van der Waals surface area contributed by atoms with Gasteiger partial charge in [0.15, 0.2) is 0 Å². The van der Waals surface area contributed by atoms with Crippen LogP contribution in [0, 0.1) is 17.0 Å². The topological polar surface area (TPSA) is 85.9 Å². The summed E-state index contributed by atoms with van der Waals surface area (Å²) in [7, 11) is 0. The smallest absolute Gasteiger partial charge is 0.291 e. The van der Waals surface area contributed by atoms with E-state index in [4.69, 9.17) is 0 Å². The summed E-state index contributed by atoms with van der Waals surface area (Å²) >= 11 is 3.33. The van der Waals surface area contributed by atoms with Crippen LogP contribution in [0.1, 0.15) is 5.56 Å². The Balaban J connectivity index is 2.05. The second kappa shape index (κ2) is 5.79. The lowest BCUT2D eigenvalue weighted by atomic mass is 10.2. The molecular formula is C11H12BrN5O2. The van der Waals surface area contributed by atoms with Gasteiger partial charge in [0.1, 0.15) is 12.0 Å². The van der Waals surface area contributed by atoms with E-state index < -0.39 is 4.92 Å². The monoisotopic (exact) mass is 325 g/mol. The minimum atomic E-state index is -0.444. The Bertz CT molecular complexity index is 585. The van der Waals surface area contributed by atoms with Crippen LogP contribution < -0.4 is 5.32 Å². The van der Waals surface area contributed by atoms with Gasteiger partial charge < -0.3 is 5.32 Å². The molecule has 2 aromatic rings. The zero-order valence-electron chi connectivity index (χ0n) is 10.2. The van der Waals surface area contributed by atoms with Crippen LogP contribution in [-0.4, -0.2) is 26.2 Å². The average Bonchev–Trinajstić information content (AvgIpc) is 2.87. The van der Waals surface area contributed by atoms with Crippen LogP contribution >= 0.6 is 15.9 Å². The van der Waals surface area contributed by atoms with E-state index in [1.807, 2.05) is 12.3 Å². The summed E-state index contributed by atoms with van der Waals surface area (Å²) in [6, 6.07) is 1.85. The molecule has 100 valence electrons. The summed E-state index contributed by atoms with van der Waals surface area (Å²) in [5.74, 6) is 0.593. The molecular weight excluding hydrogens is 314 g/mol. The summed E-state index contributed by atoms with van der Waals surface area (Å²) in [4.78, 5) is 14.4. The normalized spacial score (nSPS) is 10.4. The summed E-state index contributed by atoms with van der Waals surface area (Å²) in [5.41, 5.74) is 0.561. The van der Waals surface area contributed by atoms with Crippen LogP contribution in [0.5, 0.6) is 0 Å². The minimum Gasteiger partial charge on any atom is -0.367 e. The van der Waals surface area contributed by atoms with Crippen molar-refractivity contribution in [1.82, 2.24) is 14.8 Å². The van der Waals surface area contributed by atoms with Crippen LogP contribution in [0.15, 0.2) is 29.1 Å². The third-order valence-corrected chi connectivity index (χ3v) is 3.60. The van der Waals surface area contributed by atoms with Gasteiger partial charge >= 0.3 is 0 Å². The van der Waals surface area contributed by atoms with Gasteiger partial charge in [0.25, 0.3) is 5.69 Å². The predicted molar refractivity (Wildman–Crippen MR) is 74.0 cm³/mol. The first-order chi connectivity index (χ1) is 9.09. The largest absolute Gasteiger partial charge is 0.367 e. The Labute approximate surface area is 117 Å². The Morgan fingerprint density at radius 3 is 3.00 bits per heavy atom. The third-order valence-electron chi connectivity index (χ3n) is 2.63. The molecule has 19 heavy (non-hydrogen) atoms. The lowest BCUT2D eigenvalue weighted by molar-refractivity contribution is -0.385. The van der Waals surface area contributed by atoms with E-state index in [0.29, 0.717) is 28.9 Å². The zero-order valence-corrected chi connectivity index (χ0v) is 11.8. The van der Waals surface area contributed by atoms with Crippen molar-refractivity contribution < 1.29 is 4.92 Å². The summed E-state index contributed by atoms with van der Waals surface area (Å²) in [6.45, 7) is 3.00. The molecule has 8 heteroatoms. The number of pyridine rings is 1. The first-order valence-electron chi connectivity index (χ1n) is 5.60. The van der Waals surface area contributed by atoms with E-state index in [-0.39, 0.29) is 5.69 Å². The number of nitro groups is 1. The minimum absolute atomic E-state index is 0.00417. The lowest BCUT2D eigenvalue weighted by Crippen LogP contribution is -2.12. The highest BCUT2D eigenvalue weighted by molar-refractivity contribution is 9.10. The highest BCUT2D eigenvalue weighted by Gasteiger charge is 2.16. The van der Waals surface area contributed by atoms with Crippen molar-refractivity contribution in [3.63, 3.8) is 0 Å². The molecule has 2 aromatic heterocycles. The van der Waals surface area contributed by atoms with E-state index in [1.54, 1.807) is 17.8 Å². The Kier molecular flexibility index (Phi) is 4.10. The molecule has 7 nitrogen and oxygen atoms in total. The molecule has 0 bridgehead atoms. The van der Waals surface area contributed by atoms with Gasteiger partial charge in [-0.25, -0.2) is 4.98 Å². The molecule has 2 rings (SSSR count).